The average Bonchev–Trinajstić information content (AvgIpc) is 2.83. The number of aliphatic hydroxyl groups is 1. The number of carbonyl (C=O) groups is 3. The molecule has 35 heavy (non-hydrogen) atoms. The molecule has 0 aliphatic carbocycles. The number of halogens is 1. The molecule has 1 saturated heterocycles. The van der Waals surface area contributed by atoms with Crippen molar-refractivity contribution >= 4 is 29.3 Å². The highest BCUT2D eigenvalue weighted by atomic mass is 35.5. The first-order valence-corrected chi connectivity index (χ1v) is 12.2. The Morgan fingerprint density at radius 2 is 1.74 bits per heavy atom. The van der Waals surface area contributed by atoms with E-state index in [-0.39, 0.29) is 18.8 Å². The van der Waals surface area contributed by atoms with Crippen molar-refractivity contribution in [2.45, 2.75) is 45.3 Å². The SMILES string of the molecule is CC(C)CC(O)(C(=O)NC(Cc1ccc(Cl)cc1)C(=O)NCCN1CCOCC1)C(C)C(=O)NO. The molecule has 10 nitrogen and oxygen atoms in total. The van der Waals surface area contributed by atoms with E-state index in [1.165, 1.54) is 12.4 Å². The number of hydroxylamine groups is 1. The van der Waals surface area contributed by atoms with Gasteiger partial charge in [0.2, 0.25) is 11.8 Å². The summed E-state index contributed by atoms with van der Waals surface area (Å²) < 4.78 is 5.33. The third-order valence-corrected chi connectivity index (χ3v) is 6.39. The monoisotopic (exact) mass is 512 g/mol. The first-order valence-electron chi connectivity index (χ1n) is 11.9. The van der Waals surface area contributed by atoms with Crippen LogP contribution in [0.3, 0.4) is 0 Å². The number of amides is 3. The molecule has 0 radical (unpaired) electrons. The fraction of sp³-hybridized carbons (Fsp3) is 0.625. The van der Waals surface area contributed by atoms with E-state index in [1.54, 1.807) is 38.1 Å². The van der Waals surface area contributed by atoms with Crippen molar-refractivity contribution in [1.82, 2.24) is 21.0 Å². The van der Waals surface area contributed by atoms with E-state index < -0.39 is 35.3 Å². The molecule has 11 heteroatoms. The predicted octanol–water partition coefficient (Wildman–Crippen LogP) is 0.734. The molecular weight excluding hydrogens is 476 g/mol. The second-order valence-corrected chi connectivity index (χ2v) is 9.76. The van der Waals surface area contributed by atoms with Crippen LogP contribution in [-0.2, 0) is 25.5 Å². The van der Waals surface area contributed by atoms with E-state index in [0.29, 0.717) is 31.3 Å². The van der Waals surface area contributed by atoms with Crippen molar-refractivity contribution < 1.29 is 29.4 Å². The number of hydrogen-bond donors (Lipinski definition) is 5. The van der Waals surface area contributed by atoms with Gasteiger partial charge in [0.15, 0.2) is 5.60 Å². The van der Waals surface area contributed by atoms with Crippen molar-refractivity contribution in [3.63, 3.8) is 0 Å². The highest BCUT2D eigenvalue weighted by molar-refractivity contribution is 6.30. The second-order valence-electron chi connectivity index (χ2n) is 9.32. The summed E-state index contributed by atoms with van der Waals surface area (Å²) in [4.78, 5) is 40.6. The molecule has 2 rings (SSSR count). The van der Waals surface area contributed by atoms with Gasteiger partial charge in [-0.1, -0.05) is 44.5 Å². The predicted molar refractivity (Wildman–Crippen MR) is 131 cm³/mol. The van der Waals surface area contributed by atoms with Gasteiger partial charge in [-0.15, -0.1) is 0 Å². The summed E-state index contributed by atoms with van der Waals surface area (Å²) in [7, 11) is 0. The Bertz CT molecular complexity index is 847. The molecular formula is C24H37ClN4O6. The summed E-state index contributed by atoms with van der Waals surface area (Å²) in [5.41, 5.74) is 0.124. The normalized spacial score (nSPS) is 17.8. The number of morpholine rings is 1. The van der Waals surface area contributed by atoms with Crippen LogP contribution >= 0.6 is 11.6 Å². The molecule has 1 aromatic rings. The van der Waals surface area contributed by atoms with Crippen LogP contribution in [0.2, 0.25) is 5.02 Å². The van der Waals surface area contributed by atoms with Crippen LogP contribution in [0.4, 0.5) is 0 Å². The Labute approximate surface area is 211 Å². The molecule has 1 aliphatic rings. The molecule has 1 aliphatic heterocycles. The minimum Gasteiger partial charge on any atom is -0.379 e. The van der Waals surface area contributed by atoms with E-state index in [9.17, 15) is 19.5 Å². The molecule has 0 spiro atoms. The topological polar surface area (TPSA) is 140 Å². The third kappa shape index (κ3) is 8.73. The molecule has 0 aromatic heterocycles. The zero-order valence-corrected chi connectivity index (χ0v) is 21.3. The Kier molecular flexibility index (Phi) is 11.4. The number of hydrogen-bond acceptors (Lipinski definition) is 7. The molecule has 196 valence electrons. The molecule has 1 aromatic carbocycles. The minimum absolute atomic E-state index is 0.0419. The lowest BCUT2D eigenvalue weighted by atomic mass is 9.80. The van der Waals surface area contributed by atoms with E-state index >= 15 is 0 Å². The van der Waals surface area contributed by atoms with Gasteiger partial charge >= 0.3 is 0 Å². The molecule has 1 heterocycles. The fourth-order valence-corrected chi connectivity index (χ4v) is 4.16. The first kappa shape index (κ1) is 29.0. The lowest BCUT2D eigenvalue weighted by Gasteiger charge is -2.34. The molecule has 3 amide bonds. The number of carbonyl (C=O) groups excluding carboxylic acids is 3. The minimum atomic E-state index is -2.13. The number of ether oxygens (including phenoxy) is 1. The van der Waals surface area contributed by atoms with Crippen molar-refractivity contribution in [3.8, 4) is 0 Å². The van der Waals surface area contributed by atoms with Crippen LogP contribution in [-0.4, -0.2) is 84.0 Å². The van der Waals surface area contributed by atoms with E-state index in [4.69, 9.17) is 21.5 Å². The quantitative estimate of drug-likeness (QED) is 0.205. The fourth-order valence-electron chi connectivity index (χ4n) is 4.04. The Morgan fingerprint density at radius 1 is 1.11 bits per heavy atom. The maximum atomic E-state index is 13.3. The molecule has 5 N–H and O–H groups in total. The molecule has 1 fully saturated rings. The number of nitrogens with zero attached hydrogens (tertiary/aromatic N) is 1. The standard InChI is InChI=1S/C24H37ClN4O6/c1-16(2)15-24(33,17(3)21(30)28-34)23(32)27-20(14-18-4-6-19(25)7-5-18)22(31)26-8-9-29-10-12-35-13-11-29/h4-7,16-17,20,33-34H,8-15H2,1-3H3,(H,26,31)(H,27,32)(H,28,30). The zero-order valence-electron chi connectivity index (χ0n) is 20.6. The van der Waals surface area contributed by atoms with Crippen molar-refractivity contribution in [2.75, 3.05) is 39.4 Å². The van der Waals surface area contributed by atoms with E-state index in [0.717, 1.165) is 18.7 Å². The summed E-state index contributed by atoms with van der Waals surface area (Å²) in [5, 5.41) is 26.3. The lowest BCUT2D eigenvalue weighted by Crippen LogP contribution is -2.60. The Balaban J connectivity index is 2.17. The third-order valence-electron chi connectivity index (χ3n) is 6.14. The molecule has 3 atom stereocenters. The Hall–Kier alpha value is -2.24. The summed E-state index contributed by atoms with van der Waals surface area (Å²) in [6.07, 6.45) is 0.115. The van der Waals surface area contributed by atoms with Gasteiger partial charge in [0, 0.05) is 37.6 Å². The van der Waals surface area contributed by atoms with Gasteiger partial charge in [-0.2, -0.15) is 0 Å². The first-order chi connectivity index (χ1) is 16.6. The van der Waals surface area contributed by atoms with Crippen molar-refractivity contribution in [1.29, 1.82) is 0 Å². The number of benzene rings is 1. The van der Waals surface area contributed by atoms with Gasteiger partial charge in [0.05, 0.1) is 19.1 Å². The van der Waals surface area contributed by atoms with Crippen LogP contribution in [0.15, 0.2) is 24.3 Å². The van der Waals surface area contributed by atoms with Gasteiger partial charge in [0.25, 0.3) is 5.91 Å². The summed E-state index contributed by atoms with van der Waals surface area (Å²) in [6.45, 7) is 8.84. The highest BCUT2D eigenvalue weighted by Gasteiger charge is 2.46. The maximum absolute atomic E-state index is 13.3. The lowest BCUT2D eigenvalue weighted by molar-refractivity contribution is -0.159. The smallest absolute Gasteiger partial charge is 0.253 e. The zero-order chi connectivity index (χ0) is 26.0. The Morgan fingerprint density at radius 3 is 2.31 bits per heavy atom. The largest absolute Gasteiger partial charge is 0.379 e. The molecule has 0 saturated carbocycles. The highest BCUT2D eigenvalue weighted by Crippen LogP contribution is 2.27. The average molecular weight is 513 g/mol. The van der Waals surface area contributed by atoms with Crippen molar-refractivity contribution in [2.24, 2.45) is 11.8 Å². The summed E-state index contributed by atoms with van der Waals surface area (Å²) in [5.74, 6) is -3.56. The van der Waals surface area contributed by atoms with Gasteiger partial charge in [-0.05, 0) is 30.0 Å². The van der Waals surface area contributed by atoms with Gasteiger partial charge in [-0.25, -0.2) is 5.48 Å². The van der Waals surface area contributed by atoms with Gasteiger partial charge in [-0.3, -0.25) is 24.5 Å². The van der Waals surface area contributed by atoms with Crippen LogP contribution in [0, 0.1) is 11.8 Å². The number of rotatable bonds is 12. The summed E-state index contributed by atoms with van der Waals surface area (Å²) in [6, 6.07) is 5.88. The van der Waals surface area contributed by atoms with Crippen molar-refractivity contribution in [3.05, 3.63) is 34.9 Å². The summed E-state index contributed by atoms with van der Waals surface area (Å²) >= 11 is 5.97. The maximum Gasteiger partial charge on any atom is 0.253 e. The van der Waals surface area contributed by atoms with Crippen LogP contribution < -0.4 is 16.1 Å². The molecule has 3 unspecified atom stereocenters. The van der Waals surface area contributed by atoms with Gasteiger partial charge in [0.1, 0.15) is 6.04 Å². The van der Waals surface area contributed by atoms with Crippen LogP contribution in [0.5, 0.6) is 0 Å². The molecule has 0 bridgehead atoms. The number of nitrogens with one attached hydrogen (secondary N) is 3. The van der Waals surface area contributed by atoms with Gasteiger partial charge < -0.3 is 20.5 Å². The van der Waals surface area contributed by atoms with Crippen LogP contribution in [0.25, 0.3) is 0 Å². The van der Waals surface area contributed by atoms with E-state index in [2.05, 4.69) is 15.5 Å². The van der Waals surface area contributed by atoms with Crippen LogP contribution in [0.1, 0.15) is 32.8 Å². The van der Waals surface area contributed by atoms with E-state index in [1.807, 2.05) is 0 Å². The second kappa shape index (κ2) is 13.7.